The molecule has 2 heterocycles. The third kappa shape index (κ3) is 1.85. The smallest absolute Gasteiger partial charge is 0.247 e. The first-order valence-electron chi connectivity index (χ1n) is 4.96. The van der Waals surface area contributed by atoms with E-state index in [0.717, 1.165) is 16.6 Å². The van der Waals surface area contributed by atoms with E-state index in [2.05, 4.69) is 20.2 Å². The Morgan fingerprint density at radius 3 is 2.65 bits per heavy atom. The molecule has 1 aromatic carbocycles. The van der Waals surface area contributed by atoms with E-state index in [1.54, 1.807) is 12.4 Å². The normalized spacial score (nSPS) is 10.9. The van der Waals surface area contributed by atoms with E-state index in [1.165, 1.54) is 0 Å². The summed E-state index contributed by atoms with van der Waals surface area (Å²) >= 11 is 5.60. The fraction of sp³-hybridized carbons (Fsp3) is 0.0909. The molecular formula is C11H7ClN4O. The molecule has 0 atom stereocenters. The molecule has 0 saturated carbocycles. The van der Waals surface area contributed by atoms with Crippen molar-refractivity contribution in [2.75, 3.05) is 0 Å². The number of aromatic nitrogens is 4. The lowest BCUT2D eigenvalue weighted by Crippen LogP contribution is -1.84. The molecule has 0 bridgehead atoms. The molecule has 0 radical (unpaired) electrons. The zero-order valence-corrected chi connectivity index (χ0v) is 9.42. The first-order valence-corrected chi connectivity index (χ1v) is 5.50. The van der Waals surface area contributed by atoms with Gasteiger partial charge in [0.15, 0.2) is 0 Å². The maximum Gasteiger partial charge on any atom is 0.247 e. The van der Waals surface area contributed by atoms with Crippen LogP contribution in [0.15, 0.2) is 35.0 Å². The molecule has 84 valence electrons. The van der Waals surface area contributed by atoms with Crippen LogP contribution < -0.4 is 0 Å². The average Bonchev–Trinajstić information content (AvgIpc) is 2.87. The molecule has 0 aliphatic rings. The van der Waals surface area contributed by atoms with Crippen molar-refractivity contribution >= 4 is 22.6 Å². The molecule has 5 nitrogen and oxygen atoms in total. The Balaban J connectivity index is 2.11. The Bertz CT molecular complexity index is 667. The van der Waals surface area contributed by atoms with Crippen LogP contribution in [-0.2, 0) is 5.88 Å². The SMILES string of the molecule is ClCc1nnc(-c2ccc3nccnc3c2)o1. The topological polar surface area (TPSA) is 64.7 Å². The van der Waals surface area contributed by atoms with Crippen LogP contribution in [-0.4, -0.2) is 20.2 Å². The maximum absolute atomic E-state index is 5.60. The molecule has 2 aromatic heterocycles. The molecule has 0 unspecified atom stereocenters. The summed E-state index contributed by atoms with van der Waals surface area (Å²) < 4.78 is 5.37. The van der Waals surface area contributed by atoms with E-state index in [0.29, 0.717) is 11.8 Å². The number of benzene rings is 1. The third-order valence-electron chi connectivity index (χ3n) is 2.30. The number of hydrogen-bond acceptors (Lipinski definition) is 5. The molecular weight excluding hydrogens is 240 g/mol. The number of nitrogens with zero attached hydrogens (tertiary/aromatic N) is 4. The second-order valence-corrected chi connectivity index (χ2v) is 3.66. The molecule has 0 fully saturated rings. The van der Waals surface area contributed by atoms with Crippen molar-refractivity contribution in [1.82, 2.24) is 20.2 Å². The van der Waals surface area contributed by atoms with E-state index in [1.807, 2.05) is 18.2 Å². The first kappa shape index (κ1) is 10.2. The van der Waals surface area contributed by atoms with Crippen LogP contribution in [0.3, 0.4) is 0 Å². The van der Waals surface area contributed by atoms with Crippen molar-refractivity contribution in [2.24, 2.45) is 0 Å². The number of alkyl halides is 1. The van der Waals surface area contributed by atoms with Gasteiger partial charge in [-0.2, -0.15) is 0 Å². The van der Waals surface area contributed by atoms with Crippen LogP contribution in [0, 0.1) is 0 Å². The van der Waals surface area contributed by atoms with E-state index < -0.39 is 0 Å². The highest BCUT2D eigenvalue weighted by Gasteiger charge is 2.08. The molecule has 6 heteroatoms. The molecule has 0 saturated heterocycles. The van der Waals surface area contributed by atoms with Crippen molar-refractivity contribution in [3.05, 3.63) is 36.5 Å². The highest BCUT2D eigenvalue weighted by atomic mass is 35.5. The van der Waals surface area contributed by atoms with E-state index in [9.17, 15) is 0 Å². The minimum atomic E-state index is 0.209. The summed E-state index contributed by atoms with van der Waals surface area (Å²) in [5.41, 5.74) is 2.42. The first-order chi connectivity index (χ1) is 8.36. The summed E-state index contributed by atoms with van der Waals surface area (Å²) in [5.74, 6) is 1.05. The largest absolute Gasteiger partial charge is 0.419 e. The second-order valence-electron chi connectivity index (χ2n) is 3.39. The van der Waals surface area contributed by atoms with Crippen molar-refractivity contribution in [1.29, 1.82) is 0 Å². The van der Waals surface area contributed by atoms with Crippen LogP contribution in [0.5, 0.6) is 0 Å². The monoisotopic (exact) mass is 246 g/mol. The lowest BCUT2D eigenvalue weighted by molar-refractivity contribution is 0.527. The van der Waals surface area contributed by atoms with Crippen LogP contribution in [0.2, 0.25) is 0 Å². The zero-order valence-electron chi connectivity index (χ0n) is 8.67. The van der Waals surface area contributed by atoms with Crippen molar-refractivity contribution in [3.63, 3.8) is 0 Å². The van der Waals surface area contributed by atoms with Gasteiger partial charge in [-0.1, -0.05) is 0 Å². The minimum absolute atomic E-state index is 0.209. The predicted octanol–water partition coefficient (Wildman–Crippen LogP) is 2.42. The minimum Gasteiger partial charge on any atom is -0.419 e. The van der Waals surface area contributed by atoms with Crippen LogP contribution >= 0.6 is 11.6 Å². The van der Waals surface area contributed by atoms with Gasteiger partial charge in [-0.15, -0.1) is 21.8 Å². The number of halogens is 1. The Morgan fingerprint density at radius 2 is 1.88 bits per heavy atom. The Hall–Kier alpha value is -2.01. The van der Waals surface area contributed by atoms with Crippen molar-refractivity contribution < 1.29 is 4.42 Å². The van der Waals surface area contributed by atoms with Crippen LogP contribution in [0.1, 0.15) is 5.89 Å². The molecule has 0 N–H and O–H groups in total. The summed E-state index contributed by atoms with van der Waals surface area (Å²) in [6.45, 7) is 0. The summed E-state index contributed by atoms with van der Waals surface area (Å²) in [6, 6.07) is 5.58. The van der Waals surface area contributed by atoms with Crippen LogP contribution in [0.4, 0.5) is 0 Å². The number of hydrogen-bond donors (Lipinski definition) is 0. The lowest BCUT2D eigenvalue weighted by Gasteiger charge is -1.97. The molecule has 0 amide bonds. The Kier molecular flexibility index (Phi) is 2.45. The van der Waals surface area contributed by atoms with E-state index >= 15 is 0 Å². The molecule has 0 aliphatic heterocycles. The highest BCUT2D eigenvalue weighted by molar-refractivity contribution is 6.16. The highest BCUT2D eigenvalue weighted by Crippen LogP contribution is 2.21. The molecule has 0 aliphatic carbocycles. The van der Waals surface area contributed by atoms with Gasteiger partial charge < -0.3 is 4.42 Å². The van der Waals surface area contributed by atoms with Gasteiger partial charge in [-0.05, 0) is 18.2 Å². The summed E-state index contributed by atoms with van der Waals surface area (Å²) in [7, 11) is 0. The maximum atomic E-state index is 5.60. The van der Waals surface area contributed by atoms with Gasteiger partial charge >= 0.3 is 0 Å². The van der Waals surface area contributed by atoms with E-state index in [4.69, 9.17) is 16.0 Å². The van der Waals surface area contributed by atoms with Gasteiger partial charge in [0.1, 0.15) is 5.88 Å². The van der Waals surface area contributed by atoms with Crippen molar-refractivity contribution in [3.8, 4) is 11.5 Å². The van der Waals surface area contributed by atoms with Gasteiger partial charge in [0.05, 0.1) is 11.0 Å². The van der Waals surface area contributed by atoms with Gasteiger partial charge in [-0.3, -0.25) is 9.97 Å². The lowest BCUT2D eigenvalue weighted by atomic mass is 10.2. The Morgan fingerprint density at radius 1 is 1.06 bits per heavy atom. The summed E-state index contributed by atoms with van der Waals surface area (Å²) in [5, 5.41) is 7.72. The predicted molar refractivity (Wildman–Crippen MR) is 62.4 cm³/mol. The molecule has 0 spiro atoms. The molecule has 3 rings (SSSR count). The summed E-state index contributed by atoms with van der Waals surface area (Å²) in [4.78, 5) is 8.40. The zero-order chi connectivity index (χ0) is 11.7. The Labute approximate surface area is 101 Å². The number of rotatable bonds is 2. The molecule has 3 aromatic rings. The molecule has 17 heavy (non-hydrogen) atoms. The van der Waals surface area contributed by atoms with Gasteiger partial charge in [0, 0.05) is 18.0 Å². The summed E-state index contributed by atoms with van der Waals surface area (Å²) in [6.07, 6.45) is 3.30. The van der Waals surface area contributed by atoms with Gasteiger partial charge in [-0.25, -0.2) is 0 Å². The standard InChI is InChI=1S/C11H7ClN4O/c12-6-10-15-16-11(17-10)7-1-2-8-9(5-7)14-4-3-13-8/h1-5H,6H2. The fourth-order valence-corrected chi connectivity index (χ4v) is 1.63. The van der Waals surface area contributed by atoms with Gasteiger partial charge in [0.2, 0.25) is 11.8 Å². The number of fused-ring (bicyclic) bond motifs is 1. The fourth-order valence-electron chi connectivity index (χ4n) is 1.52. The van der Waals surface area contributed by atoms with E-state index in [-0.39, 0.29) is 5.88 Å². The second kappa shape index (κ2) is 4.10. The third-order valence-corrected chi connectivity index (χ3v) is 2.53. The average molecular weight is 247 g/mol. The van der Waals surface area contributed by atoms with Crippen molar-refractivity contribution in [2.45, 2.75) is 5.88 Å². The van der Waals surface area contributed by atoms with Gasteiger partial charge in [0.25, 0.3) is 0 Å². The van der Waals surface area contributed by atoms with Crippen LogP contribution in [0.25, 0.3) is 22.5 Å². The quantitative estimate of drug-likeness (QED) is 0.650.